The predicted molar refractivity (Wildman–Crippen MR) is 127 cm³/mol. The molecule has 1 aromatic rings. The van der Waals surface area contributed by atoms with Gasteiger partial charge >= 0.3 is 11.9 Å². The molecule has 0 aliphatic carbocycles. The summed E-state index contributed by atoms with van der Waals surface area (Å²) < 4.78 is 0. The highest BCUT2D eigenvalue weighted by Crippen LogP contribution is 2.08. The standard InChI is InChI=1S/C23H33N5O8/c1-3-12(2)19(25)22(34)27-15(11-18(30)31)21(33)26-14(9-13-7-5-4-6-8-13)20(32)28-16(23(35)36)10-17(24)29/h4-8,12,14-16,19H,3,9-11,25H2,1-2H3,(H2,24,29)(H,26,33)(H,27,34)(H,28,32)(H,30,31)(H,35,36). The lowest BCUT2D eigenvalue weighted by Gasteiger charge is -2.25. The van der Waals surface area contributed by atoms with Crippen LogP contribution >= 0.6 is 0 Å². The van der Waals surface area contributed by atoms with Gasteiger partial charge < -0.3 is 37.6 Å². The third-order valence-corrected chi connectivity index (χ3v) is 5.51. The molecule has 0 heterocycles. The predicted octanol–water partition coefficient (Wildman–Crippen LogP) is -1.51. The molecular weight excluding hydrogens is 474 g/mol. The van der Waals surface area contributed by atoms with E-state index in [1.54, 1.807) is 37.3 Å². The van der Waals surface area contributed by atoms with Crippen LogP contribution in [-0.2, 0) is 35.2 Å². The third kappa shape index (κ3) is 10.1. The molecule has 0 saturated heterocycles. The summed E-state index contributed by atoms with van der Waals surface area (Å²) in [4.78, 5) is 72.3. The summed E-state index contributed by atoms with van der Waals surface area (Å²) in [6, 6.07) is 2.84. The van der Waals surface area contributed by atoms with Crippen molar-refractivity contribution in [2.45, 2.75) is 63.7 Å². The van der Waals surface area contributed by atoms with E-state index in [1.165, 1.54) is 0 Å². The van der Waals surface area contributed by atoms with Crippen molar-refractivity contribution in [1.29, 1.82) is 0 Å². The Morgan fingerprint density at radius 3 is 1.86 bits per heavy atom. The number of rotatable bonds is 15. The molecule has 1 aromatic carbocycles. The SMILES string of the molecule is CCC(C)C(N)C(=O)NC(CC(=O)O)C(=O)NC(Cc1ccccc1)C(=O)NC(CC(N)=O)C(=O)O. The van der Waals surface area contributed by atoms with Crippen LogP contribution in [0.1, 0.15) is 38.7 Å². The number of aliphatic carboxylic acids is 2. The van der Waals surface area contributed by atoms with Crippen LogP contribution in [0.15, 0.2) is 30.3 Å². The number of carboxylic acids is 2. The molecule has 36 heavy (non-hydrogen) atoms. The molecule has 13 heteroatoms. The van der Waals surface area contributed by atoms with Gasteiger partial charge in [-0.1, -0.05) is 50.6 Å². The number of carboxylic acid groups (broad SMARTS) is 2. The van der Waals surface area contributed by atoms with E-state index >= 15 is 0 Å². The number of primary amides is 1. The van der Waals surface area contributed by atoms with Gasteiger partial charge in [0, 0.05) is 6.42 Å². The van der Waals surface area contributed by atoms with Gasteiger partial charge in [-0.15, -0.1) is 0 Å². The number of amides is 4. The van der Waals surface area contributed by atoms with Gasteiger partial charge in [-0.05, 0) is 11.5 Å². The Bertz CT molecular complexity index is 955. The Labute approximate surface area is 208 Å². The highest BCUT2D eigenvalue weighted by Gasteiger charge is 2.32. The molecule has 1 rings (SSSR count). The van der Waals surface area contributed by atoms with Gasteiger partial charge in [0.05, 0.1) is 18.9 Å². The van der Waals surface area contributed by atoms with Gasteiger partial charge in [-0.3, -0.25) is 24.0 Å². The van der Waals surface area contributed by atoms with Crippen LogP contribution in [-0.4, -0.2) is 69.9 Å². The Morgan fingerprint density at radius 1 is 0.833 bits per heavy atom. The normalized spacial score (nSPS) is 14.9. The summed E-state index contributed by atoms with van der Waals surface area (Å²) in [7, 11) is 0. The monoisotopic (exact) mass is 507 g/mol. The molecule has 0 radical (unpaired) electrons. The maximum absolute atomic E-state index is 13.0. The lowest BCUT2D eigenvalue weighted by Crippen LogP contribution is -2.58. The smallest absolute Gasteiger partial charge is 0.326 e. The second-order valence-electron chi connectivity index (χ2n) is 8.39. The number of carbonyl (C=O) groups is 6. The Morgan fingerprint density at radius 2 is 1.36 bits per heavy atom. The van der Waals surface area contributed by atoms with Gasteiger partial charge in [0.1, 0.15) is 18.1 Å². The van der Waals surface area contributed by atoms with Gasteiger partial charge in [-0.25, -0.2) is 4.79 Å². The first-order valence-corrected chi connectivity index (χ1v) is 11.3. The van der Waals surface area contributed by atoms with Crippen molar-refractivity contribution >= 4 is 35.6 Å². The average Bonchev–Trinajstić information content (AvgIpc) is 2.81. The fraction of sp³-hybridized carbons (Fsp3) is 0.478. The zero-order valence-electron chi connectivity index (χ0n) is 20.1. The number of benzene rings is 1. The molecule has 5 atom stereocenters. The van der Waals surface area contributed by atoms with Crippen LogP contribution in [0.4, 0.5) is 0 Å². The summed E-state index contributed by atoms with van der Waals surface area (Å²) in [6.07, 6.45) is -0.997. The van der Waals surface area contributed by atoms with Gasteiger partial charge in [0.15, 0.2) is 0 Å². The van der Waals surface area contributed by atoms with Crippen LogP contribution in [0.25, 0.3) is 0 Å². The maximum Gasteiger partial charge on any atom is 0.326 e. The zero-order valence-corrected chi connectivity index (χ0v) is 20.1. The first-order chi connectivity index (χ1) is 16.8. The van der Waals surface area contributed by atoms with Crippen molar-refractivity contribution in [2.75, 3.05) is 0 Å². The van der Waals surface area contributed by atoms with E-state index in [4.69, 9.17) is 11.5 Å². The molecular formula is C23H33N5O8. The van der Waals surface area contributed by atoms with E-state index in [2.05, 4.69) is 16.0 Å². The highest BCUT2D eigenvalue weighted by molar-refractivity contribution is 5.96. The molecule has 9 N–H and O–H groups in total. The van der Waals surface area contributed by atoms with Crippen LogP contribution < -0.4 is 27.4 Å². The Kier molecular flexibility index (Phi) is 12.0. The number of hydrogen-bond acceptors (Lipinski definition) is 7. The highest BCUT2D eigenvalue weighted by atomic mass is 16.4. The average molecular weight is 508 g/mol. The first-order valence-electron chi connectivity index (χ1n) is 11.3. The van der Waals surface area contributed by atoms with Crippen molar-refractivity contribution in [3.05, 3.63) is 35.9 Å². The fourth-order valence-corrected chi connectivity index (χ4v) is 3.17. The molecule has 13 nitrogen and oxygen atoms in total. The van der Waals surface area contributed by atoms with Crippen LogP contribution in [0.2, 0.25) is 0 Å². The van der Waals surface area contributed by atoms with Crippen molar-refractivity contribution < 1.29 is 39.0 Å². The summed E-state index contributed by atoms with van der Waals surface area (Å²) >= 11 is 0. The molecule has 0 spiro atoms. The van der Waals surface area contributed by atoms with Gasteiger partial charge in [0.2, 0.25) is 23.6 Å². The Balaban J connectivity index is 3.15. The minimum absolute atomic E-state index is 0.0958. The summed E-state index contributed by atoms with van der Waals surface area (Å²) in [5.41, 5.74) is 11.5. The molecule has 5 unspecified atom stereocenters. The van der Waals surface area contributed by atoms with Crippen LogP contribution in [0.5, 0.6) is 0 Å². The van der Waals surface area contributed by atoms with Gasteiger partial charge in [-0.2, -0.15) is 0 Å². The van der Waals surface area contributed by atoms with E-state index in [-0.39, 0.29) is 12.3 Å². The molecule has 0 fully saturated rings. The van der Waals surface area contributed by atoms with E-state index in [0.29, 0.717) is 12.0 Å². The summed E-state index contributed by atoms with van der Waals surface area (Å²) in [5.74, 6) is -6.77. The zero-order chi connectivity index (χ0) is 27.4. The molecule has 0 aliphatic rings. The molecule has 0 aromatic heterocycles. The molecule has 198 valence electrons. The van der Waals surface area contributed by atoms with E-state index in [1.807, 2.05) is 6.92 Å². The van der Waals surface area contributed by atoms with Crippen molar-refractivity contribution in [3.63, 3.8) is 0 Å². The summed E-state index contributed by atoms with van der Waals surface area (Å²) in [6.45, 7) is 3.54. The number of hydrogen-bond donors (Lipinski definition) is 7. The van der Waals surface area contributed by atoms with E-state index in [0.717, 1.165) is 0 Å². The lowest BCUT2D eigenvalue weighted by atomic mass is 9.98. The van der Waals surface area contributed by atoms with Crippen LogP contribution in [0.3, 0.4) is 0 Å². The van der Waals surface area contributed by atoms with Crippen molar-refractivity contribution in [1.82, 2.24) is 16.0 Å². The molecule has 0 bridgehead atoms. The number of carbonyl (C=O) groups excluding carboxylic acids is 4. The van der Waals surface area contributed by atoms with Crippen molar-refractivity contribution in [3.8, 4) is 0 Å². The number of nitrogens with two attached hydrogens (primary N) is 2. The van der Waals surface area contributed by atoms with Crippen LogP contribution in [0, 0.1) is 5.92 Å². The van der Waals surface area contributed by atoms with E-state index in [9.17, 15) is 39.0 Å². The van der Waals surface area contributed by atoms with E-state index < -0.39 is 72.6 Å². The largest absolute Gasteiger partial charge is 0.481 e. The second kappa shape index (κ2) is 14.4. The first kappa shape index (κ1) is 30.0. The quantitative estimate of drug-likeness (QED) is 0.146. The minimum atomic E-state index is -1.65. The maximum atomic E-state index is 13.0. The molecule has 0 aliphatic heterocycles. The molecule has 0 saturated carbocycles. The third-order valence-electron chi connectivity index (χ3n) is 5.51. The van der Waals surface area contributed by atoms with Crippen molar-refractivity contribution in [2.24, 2.45) is 17.4 Å². The Hall–Kier alpha value is -4.00. The van der Waals surface area contributed by atoms with Gasteiger partial charge in [0.25, 0.3) is 0 Å². The minimum Gasteiger partial charge on any atom is -0.481 e. The summed E-state index contributed by atoms with van der Waals surface area (Å²) in [5, 5.41) is 25.4. The fourth-order valence-electron chi connectivity index (χ4n) is 3.17. The lowest BCUT2D eigenvalue weighted by molar-refractivity contribution is -0.144. The number of nitrogens with one attached hydrogen (secondary N) is 3. The second-order valence-corrected chi connectivity index (χ2v) is 8.39. The molecule has 4 amide bonds. The topological polar surface area (TPSA) is 231 Å².